The Balaban J connectivity index is 2.17. The van der Waals surface area contributed by atoms with Gasteiger partial charge in [-0.05, 0) is 25.0 Å². The van der Waals surface area contributed by atoms with Crippen molar-refractivity contribution >= 4 is 10.0 Å². The molecule has 0 saturated heterocycles. The number of hydrogen-bond acceptors (Lipinski definition) is 4. The van der Waals surface area contributed by atoms with Gasteiger partial charge in [-0.1, -0.05) is 24.3 Å². The summed E-state index contributed by atoms with van der Waals surface area (Å²) in [6.07, 6.45) is 0. The lowest BCUT2D eigenvalue weighted by Crippen LogP contribution is -2.24. The summed E-state index contributed by atoms with van der Waals surface area (Å²) in [7, 11) is -3.60. The zero-order valence-electron chi connectivity index (χ0n) is 11.3. The third kappa shape index (κ3) is 3.06. The van der Waals surface area contributed by atoms with Crippen molar-refractivity contribution in [2.24, 2.45) is 0 Å². The van der Waals surface area contributed by atoms with E-state index < -0.39 is 10.0 Å². The molecule has 2 rings (SSSR count). The summed E-state index contributed by atoms with van der Waals surface area (Å²) in [4.78, 5) is 0.191. The minimum Gasteiger partial charge on any atom is -0.392 e. The van der Waals surface area contributed by atoms with Gasteiger partial charge in [0, 0.05) is 6.54 Å². The molecule has 6 nitrogen and oxygen atoms in total. The summed E-state index contributed by atoms with van der Waals surface area (Å²) in [5, 5.41) is 15.6. The molecular weight excluding hydrogens is 278 g/mol. The van der Waals surface area contributed by atoms with Crippen LogP contribution < -0.4 is 4.72 Å². The predicted octanol–water partition coefficient (Wildman–Crippen LogP) is 0.997. The molecule has 0 atom stereocenters. The average molecular weight is 295 g/mol. The molecule has 0 aliphatic carbocycles. The van der Waals surface area contributed by atoms with E-state index in [1.807, 2.05) is 0 Å². The lowest BCUT2D eigenvalue weighted by atomic mass is 10.1. The molecule has 0 aliphatic heterocycles. The first-order chi connectivity index (χ1) is 9.44. The van der Waals surface area contributed by atoms with Crippen LogP contribution in [0.1, 0.15) is 22.5 Å². The second kappa shape index (κ2) is 5.74. The fourth-order valence-corrected chi connectivity index (χ4v) is 3.41. The SMILES string of the molecule is Cc1n[nH]c(C)c1S(=O)(=O)NCc1cccc(CO)c1. The van der Waals surface area contributed by atoms with Gasteiger partial charge in [-0.15, -0.1) is 0 Å². The molecule has 1 heterocycles. The third-order valence-corrected chi connectivity index (χ3v) is 4.63. The van der Waals surface area contributed by atoms with Crippen molar-refractivity contribution < 1.29 is 13.5 Å². The zero-order chi connectivity index (χ0) is 14.8. The summed E-state index contributed by atoms with van der Waals surface area (Å²) in [5.74, 6) is 0. The van der Waals surface area contributed by atoms with E-state index in [1.165, 1.54) is 0 Å². The van der Waals surface area contributed by atoms with Crippen LogP contribution in [0.15, 0.2) is 29.2 Å². The van der Waals surface area contributed by atoms with Crippen LogP contribution in [-0.4, -0.2) is 23.7 Å². The highest BCUT2D eigenvalue weighted by Gasteiger charge is 2.21. The minimum atomic E-state index is -3.60. The summed E-state index contributed by atoms with van der Waals surface area (Å²) >= 11 is 0. The molecule has 0 spiro atoms. The Bertz CT molecular complexity index is 688. The third-order valence-electron chi connectivity index (χ3n) is 2.97. The first-order valence-electron chi connectivity index (χ1n) is 6.14. The summed E-state index contributed by atoms with van der Waals surface area (Å²) < 4.78 is 27.0. The second-order valence-electron chi connectivity index (χ2n) is 4.57. The highest BCUT2D eigenvalue weighted by molar-refractivity contribution is 7.89. The quantitative estimate of drug-likeness (QED) is 0.767. The minimum absolute atomic E-state index is 0.0689. The molecule has 20 heavy (non-hydrogen) atoms. The molecule has 0 fully saturated rings. The Morgan fingerprint density at radius 2 is 2.00 bits per heavy atom. The van der Waals surface area contributed by atoms with Crippen molar-refractivity contribution in [3.8, 4) is 0 Å². The molecular formula is C13H17N3O3S. The molecule has 0 saturated carbocycles. The number of H-pyrrole nitrogens is 1. The molecule has 0 aliphatic rings. The molecule has 7 heteroatoms. The number of aliphatic hydroxyl groups is 1. The number of aromatic amines is 1. The maximum atomic E-state index is 12.2. The van der Waals surface area contributed by atoms with Gasteiger partial charge in [-0.2, -0.15) is 5.10 Å². The molecule has 1 aromatic carbocycles. The van der Waals surface area contributed by atoms with Crippen LogP contribution in [0.2, 0.25) is 0 Å². The van der Waals surface area contributed by atoms with E-state index in [4.69, 9.17) is 5.11 Å². The van der Waals surface area contributed by atoms with E-state index in [1.54, 1.807) is 38.1 Å². The van der Waals surface area contributed by atoms with Crippen molar-refractivity contribution in [3.05, 3.63) is 46.8 Å². The van der Waals surface area contributed by atoms with Crippen LogP contribution >= 0.6 is 0 Å². The number of aliphatic hydroxyl groups excluding tert-OH is 1. The van der Waals surface area contributed by atoms with E-state index in [0.29, 0.717) is 11.4 Å². The lowest BCUT2D eigenvalue weighted by Gasteiger charge is -2.08. The van der Waals surface area contributed by atoms with Crippen molar-refractivity contribution in [2.75, 3.05) is 0 Å². The second-order valence-corrected chi connectivity index (χ2v) is 6.27. The number of aromatic nitrogens is 2. The van der Waals surface area contributed by atoms with Gasteiger partial charge in [0.1, 0.15) is 4.90 Å². The van der Waals surface area contributed by atoms with Crippen LogP contribution in [0.4, 0.5) is 0 Å². The number of sulfonamides is 1. The van der Waals surface area contributed by atoms with Gasteiger partial charge >= 0.3 is 0 Å². The van der Waals surface area contributed by atoms with Gasteiger partial charge in [0.2, 0.25) is 10.0 Å². The number of aryl methyl sites for hydroxylation is 2. The standard InChI is InChI=1S/C13H17N3O3S/c1-9-13(10(2)16-15-9)20(18,19)14-7-11-4-3-5-12(6-11)8-17/h3-6,14,17H,7-8H2,1-2H3,(H,15,16). The van der Waals surface area contributed by atoms with E-state index >= 15 is 0 Å². The van der Waals surface area contributed by atoms with Crippen LogP contribution in [0.5, 0.6) is 0 Å². The van der Waals surface area contributed by atoms with Gasteiger partial charge in [-0.25, -0.2) is 13.1 Å². The highest BCUT2D eigenvalue weighted by Crippen LogP contribution is 2.16. The van der Waals surface area contributed by atoms with Crippen LogP contribution in [0.25, 0.3) is 0 Å². The fraction of sp³-hybridized carbons (Fsp3) is 0.308. The predicted molar refractivity (Wildman–Crippen MR) is 74.5 cm³/mol. The van der Waals surface area contributed by atoms with Crippen molar-refractivity contribution in [3.63, 3.8) is 0 Å². The molecule has 108 valence electrons. The first kappa shape index (κ1) is 14.7. The maximum absolute atomic E-state index is 12.2. The lowest BCUT2D eigenvalue weighted by molar-refractivity contribution is 0.281. The van der Waals surface area contributed by atoms with Crippen LogP contribution in [-0.2, 0) is 23.2 Å². The number of nitrogens with one attached hydrogen (secondary N) is 2. The van der Waals surface area contributed by atoms with E-state index in [0.717, 1.165) is 11.1 Å². The van der Waals surface area contributed by atoms with Gasteiger partial charge < -0.3 is 5.11 Å². The maximum Gasteiger partial charge on any atom is 0.244 e. The number of nitrogens with zero attached hydrogens (tertiary/aromatic N) is 1. The molecule has 0 radical (unpaired) electrons. The van der Waals surface area contributed by atoms with Crippen molar-refractivity contribution in [1.82, 2.24) is 14.9 Å². The summed E-state index contributed by atoms with van der Waals surface area (Å²) in [5.41, 5.74) is 2.49. The van der Waals surface area contributed by atoms with Gasteiger partial charge in [0.05, 0.1) is 18.0 Å². The van der Waals surface area contributed by atoms with Gasteiger partial charge in [-0.3, -0.25) is 5.10 Å². The zero-order valence-corrected chi connectivity index (χ0v) is 12.2. The first-order valence-corrected chi connectivity index (χ1v) is 7.62. The van der Waals surface area contributed by atoms with Crippen LogP contribution in [0.3, 0.4) is 0 Å². The molecule has 2 aromatic rings. The molecule has 0 amide bonds. The molecule has 0 bridgehead atoms. The Labute approximate surface area is 117 Å². The van der Waals surface area contributed by atoms with Crippen molar-refractivity contribution in [2.45, 2.75) is 31.9 Å². The summed E-state index contributed by atoms with van der Waals surface area (Å²) in [6.45, 7) is 3.41. The van der Waals surface area contributed by atoms with Gasteiger partial charge in [0.25, 0.3) is 0 Å². The Kier molecular flexibility index (Phi) is 4.22. The topological polar surface area (TPSA) is 95.1 Å². The highest BCUT2D eigenvalue weighted by atomic mass is 32.2. The molecule has 0 unspecified atom stereocenters. The normalized spacial score (nSPS) is 11.8. The van der Waals surface area contributed by atoms with Crippen LogP contribution in [0, 0.1) is 13.8 Å². The number of benzene rings is 1. The van der Waals surface area contributed by atoms with Gasteiger partial charge in [0.15, 0.2) is 0 Å². The largest absolute Gasteiger partial charge is 0.392 e. The van der Waals surface area contributed by atoms with E-state index in [-0.39, 0.29) is 18.0 Å². The Hall–Kier alpha value is -1.70. The average Bonchev–Trinajstić information content (AvgIpc) is 2.77. The summed E-state index contributed by atoms with van der Waals surface area (Å²) in [6, 6.07) is 7.13. The molecule has 3 N–H and O–H groups in total. The fourth-order valence-electron chi connectivity index (χ4n) is 2.03. The smallest absolute Gasteiger partial charge is 0.244 e. The van der Waals surface area contributed by atoms with E-state index in [9.17, 15) is 8.42 Å². The number of hydrogen-bond donors (Lipinski definition) is 3. The van der Waals surface area contributed by atoms with Crippen molar-refractivity contribution in [1.29, 1.82) is 0 Å². The van der Waals surface area contributed by atoms with E-state index in [2.05, 4.69) is 14.9 Å². The molecule has 1 aromatic heterocycles. The Morgan fingerprint density at radius 1 is 1.30 bits per heavy atom. The Morgan fingerprint density at radius 3 is 2.60 bits per heavy atom. The number of rotatable bonds is 5. The monoisotopic (exact) mass is 295 g/mol.